The molecule has 64 heavy (non-hydrogen) atoms. The Morgan fingerprint density at radius 1 is 0.688 bits per heavy atom. The molecule has 17 heteroatoms. The van der Waals surface area contributed by atoms with Gasteiger partial charge >= 0.3 is 5.97 Å². The first-order chi connectivity index (χ1) is 30.0. The third-order valence-electron chi connectivity index (χ3n) is 19.3. The number of carbonyl (C=O) groups is 1. The van der Waals surface area contributed by atoms with E-state index in [1.165, 1.54) is 5.57 Å². The largest absolute Gasteiger partial charge is 0.432 e. The first kappa shape index (κ1) is 49.0. The highest BCUT2D eigenvalue weighted by Gasteiger charge is 2.70. The lowest BCUT2D eigenvalue weighted by Gasteiger charge is -2.71. The van der Waals surface area contributed by atoms with Crippen molar-refractivity contribution in [1.29, 1.82) is 0 Å². The van der Waals surface area contributed by atoms with Gasteiger partial charge in [0, 0.05) is 0 Å². The van der Waals surface area contributed by atoms with Crippen molar-refractivity contribution in [2.45, 2.75) is 198 Å². The van der Waals surface area contributed by atoms with Crippen LogP contribution < -0.4 is 0 Å². The lowest BCUT2D eigenvalue weighted by molar-refractivity contribution is -0.367. The number of aliphatic hydroxyl groups excluding tert-OH is 10. The van der Waals surface area contributed by atoms with E-state index in [2.05, 4.69) is 54.5 Å². The Labute approximate surface area is 376 Å². The molecule has 24 atom stereocenters. The molecule has 0 amide bonds. The van der Waals surface area contributed by atoms with Gasteiger partial charge in [0.25, 0.3) is 0 Å². The Morgan fingerprint density at radius 2 is 1.31 bits per heavy atom. The van der Waals surface area contributed by atoms with Gasteiger partial charge in [-0.1, -0.05) is 60.1 Å². The Kier molecular flexibility index (Phi) is 13.4. The summed E-state index contributed by atoms with van der Waals surface area (Å²) in [5.74, 6) is 0.397. The van der Waals surface area contributed by atoms with E-state index in [9.17, 15) is 55.9 Å². The smallest absolute Gasteiger partial charge is 0.315 e. The Morgan fingerprint density at radius 3 is 1.95 bits per heavy atom. The van der Waals surface area contributed by atoms with Crippen molar-refractivity contribution < 1.29 is 84.3 Å². The van der Waals surface area contributed by atoms with Crippen molar-refractivity contribution in [2.75, 3.05) is 19.8 Å². The molecule has 7 fully saturated rings. The fourth-order valence-corrected chi connectivity index (χ4v) is 15.0. The lowest BCUT2D eigenvalue weighted by atomic mass is 9.33. The number of aliphatic hydroxyl groups is 10. The maximum Gasteiger partial charge on any atom is 0.315 e. The summed E-state index contributed by atoms with van der Waals surface area (Å²) in [5.41, 5.74) is -0.462. The van der Waals surface area contributed by atoms with E-state index >= 15 is 0 Å². The molecule has 0 radical (unpaired) electrons. The van der Waals surface area contributed by atoms with Crippen LogP contribution in [-0.4, -0.2) is 169 Å². The number of ether oxygens (including phenoxy) is 6. The van der Waals surface area contributed by atoms with Crippen molar-refractivity contribution in [3.8, 4) is 0 Å². The highest BCUT2D eigenvalue weighted by Crippen LogP contribution is 2.76. The summed E-state index contributed by atoms with van der Waals surface area (Å²) in [7, 11) is 0. The fraction of sp³-hybridized carbons (Fsp3) is 0.936. The molecular weight excluding hydrogens is 836 g/mol. The predicted molar refractivity (Wildman–Crippen MR) is 224 cm³/mol. The zero-order valence-electron chi connectivity index (χ0n) is 38.4. The quantitative estimate of drug-likeness (QED) is 0.0909. The van der Waals surface area contributed by atoms with E-state index in [-0.39, 0.29) is 46.7 Å². The van der Waals surface area contributed by atoms with E-state index in [4.69, 9.17) is 28.4 Å². The fourth-order valence-electron chi connectivity index (χ4n) is 15.0. The van der Waals surface area contributed by atoms with Crippen molar-refractivity contribution in [3.63, 3.8) is 0 Å². The molecular formula is C47H76O17. The number of fused-ring (bicyclic) bond motifs is 7. The van der Waals surface area contributed by atoms with Crippen LogP contribution in [0.25, 0.3) is 0 Å². The molecule has 17 nitrogen and oxygen atoms in total. The van der Waals surface area contributed by atoms with Crippen molar-refractivity contribution in [2.24, 2.45) is 56.7 Å². The van der Waals surface area contributed by atoms with E-state index < -0.39 is 116 Å². The first-order valence-corrected chi connectivity index (χ1v) is 23.8. The molecule has 3 heterocycles. The van der Waals surface area contributed by atoms with Crippen LogP contribution in [0, 0.1) is 56.7 Å². The third kappa shape index (κ3) is 7.40. The number of rotatable bonds is 8. The van der Waals surface area contributed by atoms with Crippen molar-refractivity contribution >= 4 is 5.97 Å². The summed E-state index contributed by atoms with van der Waals surface area (Å²) < 4.78 is 36.1. The molecule has 0 aromatic heterocycles. The van der Waals surface area contributed by atoms with Gasteiger partial charge in [0.15, 0.2) is 12.6 Å². The first-order valence-electron chi connectivity index (χ1n) is 23.8. The van der Waals surface area contributed by atoms with Crippen LogP contribution in [0.4, 0.5) is 0 Å². The Bertz CT molecular complexity index is 1730. The second-order valence-electron chi connectivity index (χ2n) is 22.4. The molecule has 8 rings (SSSR count). The summed E-state index contributed by atoms with van der Waals surface area (Å²) in [6.07, 6.45) is -11.8. The second-order valence-corrected chi connectivity index (χ2v) is 22.4. The molecule has 0 aromatic carbocycles. The van der Waals surface area contributed by atoms with E-state index in [0.717, 1.165) is 38.5 Å². The van der Waals surface area contributed by atoms with Crippen LogP contribution in [0.3, 0.4) is 0 Å². The molecule has 0 bridgehead atoms. The van der Waals surface area contributed by atoms with Gasteiger partial charge in [-0.25, -0.2) is 0 Å². The molecule has 5 aliphatic carbocycles. The van der Waals surface area contributed by atoms with Gasteiger partial charge in [0.1, 0.15) is 67.1 Å². The predicted octanol–water partition coefficient (Wildman–Crippen LogP) is 0.636. The number of esters is 1. The molecule has 8 aliphatic rings. The van der Waals surface area contributed by atoms with Crippen molar-refractivity contribution in [3.05, 3.63) is 11.6 Å². The highest BCUT2D eigenvalue weighted by atomic mass is 16.8. The van der Waals surface area contributed by atoms with Crippen LogP contribution in [-0.2, 0) is 33.2 Å². The maximum atomic E-state index is 14.7. The zero-order valence-corrected chi connectivity index (χ0v) is 38.4. The van der Waals surface area contributed by atoms with Gasteiger partial charge in [-0.2, -0.15) is 0 Å². The number of hydrogen-bond donors (Lipinski definition) is 10. The van der Waals surface area contributed by atoms with Gasteiger partial charge in [0.05, 0.1) is 31.3 Å². The standard InChI is InChI=1S/C47H76O17/c1-21-10-15-47(42(58)64-40-37(57)35(55)33(53)26(19-49)61-40)17-16-45(6)23(30(47)22(21)2)8-9-28-44(5)13-12-29(43(3,4)27(44)11-14-46(28,45)7)62-41-38(31(51)24(50)20-59-41)63-39-36(56)34(54)32(52)25(18-48)60-39/h8,21-22,24-41,48-57H,9-20H2,1-7H3/t21-,22+,24-,25-,26+,27-,28-,29-,30+,31-,32+,33+,34+,35+,36+,37+,38+,39-,40-,41-,44-,45-,46+,47-/m0/s1. The Balaban J connectivity index is 1.03. The number of allylic oxidation sites excluding steroid dienone is 2. The normalized spacial score (nSPS) is 54.9. The molecule has 10 N–H and O–H groups in total. The SMILES string of the molecule is C[C@@H]1[C@@H](C)CC[C@]2(C(=O)O[C@@H]3O[C@H](CO)[C@@H](O)[C@@H](O)[C@H]3O)CC[C@@]3(C)C(=CC[C@H]4[C@@]5(C)CC[C@H](O[C@@H]6OC[C@H](O)[C@H](O)[C@H]6O[C@@H]6O[C@@H](CO)[C@@H](O)[C@@H](O)[C@H]6O)C(C)(C)[C@@H]5CC[C@]43C)[C@@H]12. The van der Waals surface area contributed by atoms with Crippen LogP contribution in [0.15, 0.2) is 11.6 Å². The average molecular weight is 913 g/mol. The van der Waals surface area contributed by atoms with Gasteiger partial charge < -0.3 is 79.5 Å². The lowest BCUT2D eigenvalue weighted by Crippen LogP contribution is -2.66. The van der Waals surface area contributed by atoms with Gasteiger partial charge in [-0.05, 0) is 109 Å². The topological polar surface area (TPSA) is 275 Å². The minimum atomic E-state index is -1.73. The summed E-state index contributed by atoms with van der Waals surface area (Å²) >= 11 is 0. The molecule has 0 spiro atoms. The average Bonchev–Trinajstić information content (AvgIpc) is 3.25. The zero-order chi connectivity index (χ0) is 46.6. The number of carbonyl (C=O) groups excluding carboxylic acids is 1. The molecule has 3 aliphatic heterocycles. The Hall–Kier alpha value is -1.39. The van der Waals surface area contributed by atoms with Crippen molar-refractivity contribution in [1.82, 2.24) is 0 Å². The third-order valence-corrected chi connectivity index (χ3v) is 19.3. The molecule has 0 aromatic rings. The molecule has 0 unspecified atom stereocenters. The highest BCUT2D eigenvalue weighted by molar-refractivity contribution is 5.79. The van der Waals surface area contributed by atoms with Gasteiger partial charge in [0.2, 0.25) is 6.29 Å². The minimum absolute atomic E-state index is 0.112. The minimum Gasteiger partial charge on any atom is -0.432 e. The second kappa shape index (κ2) is 17.5. The van der Waals surface area contributed by atoms with Crippen LogP contribution in [0.2, 0.25) is 0 Å². The van der Waals surface area contributed by atoms with Crippen LogP contribution in [0.1, 0.15) is 106 Å². The monoisotopic (exact) mass is 913 g/mol. The van der Waals surface area contributed by atoms with E-state index in [0.29, 0.717) is 31.1 Å². The summed E-state index contributed by atoms with van der Waals surface area (Å²) in [6.45, 7) is 14.7. The maximum absolute atomic E-state index is 14.7. The molecule has 3 saturated heterocycles. The van der Waals surface area contributed by atoms with Crippen LogP contribution >= 0.6 is 0 Å². The van der Waals surface area contributed by atoms with Gasteiger partial charge in [-0.15, -0.1) is 0 Å². The van der Waals surface area contributed by atoms with Crippen LogP contribution in [0.5, 0.6) is 0 Å². The van der Waals surface area contributed by atoms with Gasteiger partial charge in [-0.3, -0.25) is 4.79 Å². The summed E-state index contributed by atoms with van der Waals surface area (Å²) in [5, 5.41) is 105. The molecule has 366 valence electrons. The van der Waals surface area contributed by atoms with E-state index in [1.807, 2.05) is 0 Å². The summed E-state index contributed by atoms with van der Waals surface area (Å²) in [4.78, 5) is 14.7. The number of hydrogen-bond acceptors (Lipinski definition) is 17. The molecule has 4 saturated carbocycles. The van der Waals surface area contributed by atoms with E-state index in [1.54, 1.807) is 0 Å². The summed E-state index contributed by atoms with van der Waals surface area (Å²) in [6, 6.07) is 0.